The molecule has 1 N–H and O–H groups in total. The van der Waals surface area contributed by atoms with Gasteiger partial charge < -0.3 is 9.84 Å². The van der Waals surface area contributed by atoms with Crippen molar-refractivity contribution in [2.45, 2.75) is 12.5 Å². The SMILES string of the molecule is COc1ccc(Cl)cc1C(O)Cc1ccccc1. The summed E-state index contributed by atoms with van der Waals surface area (Å²) in [4.78, 5) is 0. The van der Waals surface area contributed by atoms with Gasteiger partial charge in [-0.3, -0.25) is 0 Å². The molecule has 0 heterocycles. The van der Waals surface area contributed by atoms with Crippen LogP contribution < -0.4 is 4.74 Å². The topological polar surface area (TPSA) is 29.5 Å². The van der Waals surface area contributed by atoms with Gasteiger partial charge in [-0.1, -0.05) is 41.9 Å². The Kier molecular flexibility index (Phi) is 4.24. The number of rotatable bonds is 4. The Morgan fingerprint density at radius 2 is 1.89 bits per heavy atom. The average Bonchev–Trinajstić information content (AvgIpc) is 2.40. The largest absolute Gasteiger partial charge is 0.496 e. The van der Waals surface area contributed by atoms with Crippen LogP contribution >= 0.6 is 11.6 Å². The molecule has 0 fully saturated rings. The predicted molar refractivity (Wildman–Crippen MR) is 73.1 cm³/mol. The molecule has 3 heteroatoms. The third-order valence-corrected chi connectivity index (χ3v) is 3.06. The summed E-state index contributed by atoms with van der Waals surface area (Å²) in [5.74, 6) is 0.655. The quantitative estimate of drug-likeness (QED) is 0.912. The monoisotopic (exact) mass is 262 g/mol. The second-order valence-electron chi connectivity index (χ2n) is 4.09. The fourth-order valence-corrected chi connectivity index (χ4v) is 2.09. The summed E-state index contributed by atoms with van der Waals surface area (Å²) in [5, 5.41) is 10.9. The number of methoxy groups -OCH3 is 1. The maximum absolute atomic E-state index is 10.3. The van der Waals surface area contributed by atoms with Crippen LogP contribution in [0.1, 0.15) is 17.2 Å². The number of ether oxygens (including phenoxy) is 1. The van der Waals surface area contributed by atoms with Crippen molar-refractivity contribution < 1.29 is 9.84 Å². The molecule has 18 heavy (non-hydrogen) atoms. The van der Waals surface area contributed by atoms with Gasteiger partial charge in [0.25, 0.3) is 0 Å². The van der Waals surface area contributed by atoms with Crippen molar-refractivity contribution in [2.75, 3.05) is 7.11 Å². The lowest BCUT2D eigenvalue weighted by atomic mass is 10.0. The maximum atomic E-state index is 10.3. The molecule has 0 spiro atoms. The van der Waals surface area contributed by atoms with Crippen LogP contribution in [0.3, 0.4) is 0 Å². The van der Waals surface area contributed by atoms with Crippen LogP contribution in [0.15, 0.2) is 48.5 Å². The Balaban J connectivity index is 2.23. The Bertz CT molecular complexity index is 511. The van der Waals surface area contributed by atoms with E-state index in [1.54, 1.807) is 25.3 Å². The Morgan fingerprint density at radius 3 is 2.56 bits per heavy atom. The lowest BCUT2D eigenvalue weighted by molar-refractivity contribution is 0.174. The summed E-state index contributed by atoms with van der Waals surface area (Å²) in [6, 6.07) is 15.1. The molecule has 0 radical (unpaired) electrons. The van der Waals surface area contributed by atoms with Crippen LogP contribution in [0.5, 0.6) is 5.75 Å². The van der Waals surface area contributed by atoms with Gasteiger partial charge in [0, 0.05) is 17.0 Å². The van der Waals surface area contributed by atoms with Gasteiger partial charge in [-0.15, -0.1) is 0 Å². The van der Waals surface area contributed by atoms with Crippen LogP contribution in [0, 0.1) is 0 Å². The zero-order chi connectivity index (χ0) is 13.0. The van der Waals surface area contributed by atoms with Crippen LogP contribution in [0.2, 0.25) is 5.02 Å². The fraction of sp³-hybridized carbons (Fsp3) is 0.200. The third-order valence-electron chi connectivity index (χ3n) is 2.82. The van der Waals surface area contributed by atoms with Gasteiger partial charge in [0.05, 0.1) is 13.2 Å². The predicted octanol–water partition coefficient (Wildman–Crippen LogP) is 3.62. The molecule has 0 saturated heterocycles. The van der Waals surface area contributed by atoms with Crippen molar-refractivity contribution in [1.29, 1.82) is 0 Å². The van der Waals surface area contributed by atoms with E-state index in [1.165, 1.54) is 0 Å². The van der Waals surface area contributed by atoms with Crippen molar-refractivity contribution in [1.82, 2.24) is 0 Å². The molecule has 2 aromatic rings. The molecule has 0 saturated carbocycles. The zero-order valence-corrected chi connectivity index (χ0v) is 10.9. The molecule has 1 atom stereocenters. The summed E-state index contributed by atoms with van der Waals surface area (Å²) in [6.45, 7) is 0. The Hall–Kier alpha value is -1.51. The molecule has 2 rings (SSSR count). The highest BCUT2D eigenvalue weighted by Gasteiger charge is 2.14. The first-order valence-electron chi connectivity index (χ1n) is 5.76. The summed E-state index contributed by atoms with van der Waals surface area (Å²) >= 11 is 5.95. The van der Waals surface area contributed by atoms with Crippen LogP contribution in [-0.2, 0) is 6.42 Å². The number of benzene rings is 2. The normalized spacial score (nSPS) is 12.2. The zero-order valence-electron chi connectivity index (χ0n) is 10.1. The second kappa shape index (κ2) is 5.89. The lowest BCUT2D eigenvalue weighted by Crippen LogP contribution is -2.04. The fourth-order valence-electron chi connectivity index (χ4n) is 1.91. The molecule has 0 aliphatic rings. The minimum atomic E-state index is -0.624. The standard InChI is InChI=1S/C15H15ClO2/c1-18-15-8-7-12(16)10-13(15)14(17)9-11-5-3-2-4-6-11/h2-8,10,14,17H,9H2,1H3. The first-order valence-corrected chi connectivity index (χ1v) is 6.14. The molecule has 2 nitrogen and oxygen atoms in total. The molecule has 0 amide bonds. The highest BCUT2D eigenvalue weighted by molar-refractivity contribution is 6.30. The van der Waals surface area contributed by atoms with Gasteiger partial charge >= 0.3 is 0 Å². The molecule has 0 aromatic heterocycles. The van der Waals surface area contributed by atoms with Crippen molar-refractivity contribution in [3.05, 3.63) is 64.7 Å². The lowest BCUT2D eigenvalue weighted by Gasteiger charge is -2.15. The maximum Gasteiger partial charge on any atom is 0.124 e. The van der Waals surface area contributed by atoms with Crippen molar-refractivity contribution in [2.24, 2.45) is 0 Å². The summed E-state index contributed by atoms with van der Waals surface area (Å²) < 4.78 is 5.24. The first kappa shape index (κ1) is 12.9. The van der Waals surface area contributed by atoms with Crippen molar-refractivity contribution >= 4 is 11.6 Å². The summed E-state index contributed by atoms with van der Waals surface area (Å²) in [7, 11) is 1.59. The smallest absolute Gasteiger partial charge is 0.124 e. The van der Waals surface area contributed by atoms with E-state index in [0.29, 0.717) is 22.8 Å². The van der Waals surface area contributed by atoms with Crippen LogP contribution in [0.25, 0.3) is 0 Å². The van der Waals surface area contributed by atoms with E-state index >= 15 is 0 Å². The minimum absolute atomic E-state index is 0.539. The van der Waals surface area contributed by atoms with Crippen molar-refractivity contribution in [3.8, 4) is 5.75 Å². The highest BCUT2D eigenvalue weighted by atomic mass is 35.5. The Morgan fingerprint density at radius 1 is 1.17 bits per heavy atom. The van der Waals surface area contributed by atoms with E-state index in [2.05, 4.69) is 0 Å². The van der Waals surface area contributed by atoms with E-state index in [-0.39, 0.29) is 0 Å². The van der Waals surface area contributed by atoms with E-state index in [0.717, 1.165) is 5.56 Å². The first-order chi connectivity index (χ1) is 8.70. The van der Waals surface area contributed by atoms with E-state index in [9.17, 15) is 5.11 Å². The molecular formula is C15H15ClO2. The second-order valence-corrected chi connectivity index (χ2v) is 4.53. The minimum Gasteiger partial charge on any atom is -0.496 e. The average molecular weight is 263 g/mol. The van der Waals surface area contributed by atoms with Gasteiger partial charge in [0.2, 0.25) is 0 Å². The highest BCUT2D eigenvalue weighted by Crippen LogP contribution is 2.30. The van der Waals surface area contributed by atoms with E-state index < -0.39 is 6.10 Å². The van der Waals surface area contributed by atoms with Gasteiger partial charge in [0.15, 0.2) is 0 Å². The third kappa shape index (κ3) is 3.03. The van der Waals surface area contributed by atoms with Crippen molar-refractivity contribution in [3.63, 3.8) is 0 Å². The van der Waals surface area contributed by atoms with E-state index in [1.807, 2.05) is 30.3 Å². The summed E-state index contributed by atoms with van der Waals surface area (Å²) in [5.41, 5.74) is 1.79. The number of aliphatic hydroxyl groups excluding tert-OH is 1. The molecule has 1 unspecified atom stereocenters. The number of aliphatic hydroxyl groups is 1. The number of hydrogen-bond donors (Lipinski definition) is 1. The van der Waals surface area contributed by atoms with Gasteiger partial charge in [0.1, 0.15) is 5.75 Å². The molecule has 0 aliphatic heterocycles. The van der Waals surface area contributed by atoms with Gasteiger partial charge in [-0.2, -0.15) is 0 Å². The number of hydrogen-bond acceptors (Lipinski definition) is 2. The molecular weight excluding hydrogens is 248 g/mol. The van der Waals surface area contributed by atoms with Crippen LogP contribution in [-0.4, -0.2) is 12.2 Å². The summed E-state index contributed by atoms with van der Waals surface area (Å²) in [6.07, 6.45) is -0.0848. The van der Waals surface area contributed by atoms with Crippen LogP contribution in [0.4, 0.5) is 0 Å². The van der Waals surface area contributed by atoms with Gasteiger partial charge in [-0.05, 0) is 23.8 Å². The molecule has 2 aromatic carbocycles. The van der Waals surface area contributed by atoms with E-state index in [4.69, 9.17) is 16.3 Å². The molecule has 0 aliphatic carbocycles. The molecule has 94 valence electrons. The number of halogens is 1. The Labute approximate surface area is 112 Å². The van der Waals surface area contributed by atoms with Gasteiger partial charge in [-0.25, -0.2) is 0 Å². The molecule has 0 bridgehead atoms.